The molecule has 1 N–H and O–H groups in total. The van der Waals surface area contributed by atoms with Crippen molar-refractivity contribution in [3.8, 4) is 0 Å². The van der Waals surface area contributed by atoms with Gasteiger partial charge in [-0.05, 0) is 19.8 Å². The number of methoxy groups -OCH3 is 1. The lowest BCUT2D eigenvalue weighted by Gasteiger charge is -2.33. The second kappa shape index (κ2) is 9.75. The number of thiazole rings is 1. The maximum atomic E-state index is 11.7. The van der Waals surface area contributed by atoms with Gasteiger partial charge in [-0.2, -0.15) is 0 Å². The number of carbonyl (C=O) groups excluding carboxylic acids is 1. The molecule has 0 atom stereocenters. The molecule has 25 heavy (non-hydrogen) atoms. The number of ether oxygens (including phenoxy) is 1. The van der Waals surface area contributed by atoms with Crippen molar-refractivity contribution in [2.45, 2.75) is 46.0 Å². The highest BCUT2D eigenvalue weighted by molar-refractivity contribution is 7.09. The minimum atomic E-state index is -0.0916. The zero-order valence-electron chi connectivity index (χ0n) is 15.7. The van der Waals surface area contributed by atoms with Gasteiger partial charge in [0.25, 0.3) is 0 Å². The summed E-state index contributed by atoms with van der Waals surface area (Å²) in [4.78, 5) is 23.3. The van der Waals surface area contributed by atoms with Crippen LogP contribution in [0.4, 0.5) is 0 Å². The average Bonchev–Trinajstić information content (AvgIpc) is 3.10. The van der Waals surface area contributed by atoms with E-state index in [1.165, 1.54) is 12.1 Å². The minimum Gasteiger partial charge on any atom is -0.469 e. The van der Waals surface area contributed by atoms with Gasteiger partial charge in [-0.3, -0.25) is 9.79 Å². The lowest BCUT2D eigenvalue weighted by atomic mass is 9.97. The van der Waals surface area contributed by atoms with E-state index in [4.69, 9.17) is 9.73 Å². The Bertz CT molecular complexity index is 577. The summed E-state index contributed by atoms with van der Waals surface area (Å²) in [6.07, 6.45) is 2.50. The molecule has 1 aliphatic rings. The van der Waals surface area contributed by atoms with Crippen LogP contribution in [0.1, 0.15) is 50.2 Å². The molecular formula is C18H30N4O2S. The summed E-state index contributed by atoms with van der Waals surface area (Å²) < 4.78 is 4.86. The maximum absolute atomic E-state index is 11.7. The fraction of sp³-hybridized carbons (Fsp3) is 0.722. The molecule has 0 amide bonds. The number of esters is 1. The molecule has 1 aromatic rings. The number of aliphatic imine (C=N–C) groups is 1. The summed E-state index contributed by atoms with van der Waals surface area (Å²) in [5.74, 6) is 1.35. The van der Waals surface area contributed by atoms with Crippen LogP contribution in [-0.2, 0) is 16.0 Å². The molecule has 140 valence electrons. The molecule has 1 saturated heterocycles. The number of guanidine groups is 1. The number of piperidine rings is 1. The Morgan fingerprint density at radius 1 is 1.48 bits per heavy atom. The highest BCUT2D eigenvalue weighted by atomic mass is 32.1. The molecular weight excluding hydrogens is 336 g/mol. The van der Waals surface area contributed by atoms with Crippen molar-refractivity contribution in [2.75, 3.05) is 33.3 Å². The Kier molecular flexibility index (Phi) is 7.68. The standard InChI is InChI=1S/C18H30N4O2S/c1-5-19-18(22-10-7-14(8-11-22)17(23)24-4)20-9-6-15-12-25-16(21-15)13(2)3/h12-14H,5-11H2,1-4H3,(H,19,20). The van der Waals surface area contributed by atoms with Gasteiger partial charge in [0.15, 0.2) is 5.96 Å². The van der Waals surface area contributed by atoms with Gasteiger partial charge in [0.05, 0.1) is 23.7 Å². The molecule has 1 aromatic heterocycles. The van der Waals surface area contributed by atoms with E-state index in [-0.39, 0.29) is 11.9 Å². The van der Waals surface area contributed by atoms with Crippen molar-refractivity contribution >= 4 is 23.3 Å². The second-order valence-electron chi connectivity index (χ2n) is 6.60. The Balaban J connectivity index is 1.88. The molecule has 0 bridgehead atoms. The van der Waals surface area contributed by atoms with Crippen molar-refractivity contribution < 1.29 is 9.53 Å². The maximum Gasteiger partial charge on any atom is 0.308 e. The lowest BCUT2D eigenvalue weighted by molar-refractivity contribution is -0.146. The van der Waals surface area contributed by atoms with Crippen molar-refractivity contribution in [1.29, 1.82) is 0 Å². The minimum absolute atomic E-state index is 0.0218. The highest BCUT2D eigenvalue weighted by Crippen LogP contribution is 2.20. The van der Waals surface area contributed by atoms with E-state index in [0.29, 0.717) is 5.92 Å². The monoisotopic (exact) mass is 366 g/mol. The van der Waals surface area contributed by atoms with Crippen molar-refractivity contribution in [2.24, 2.45) is 10.9 Å². The SMILES string of the molecule is CCNC(=NCCc1csc(C(C)C)n1)N1CCC(C(=O)OC)CC1. The van der Waals surface area contributed by atoms with Gasteiger partial charge in [-0.1, -0.05) is 13.8 Å². The summed E-state index contributed by atoms with van der Waals surface area (Å²) in [5.41, 5.74) is 1.12. The van der Waals surface area contributed by atoms with E-state index < -0.39 is 0 Å². The van der Waals surface area contributed by atoms with Gasteiger partial charge in [-0.15, -0.1) is 11.3 Å². The molecule has 0 aromatic carbocycles. The third kappa shape index (κ3) is 5.70. The number of hydrogen-bond acceptors (Lipinski definition) is 5. The Morgan fingerprint density at radius 3 is 2.76 bits per heavy atom. The first kappa shape index (κ1) is 19.7. The molecule has 0 radical (unpaired) electrons. The van der Waals surface area contributed by atoms with E-state index in [2.05, 4.69) is 41.4 Å². The van der Waals surface area contributed by atoms with Crippen molar-refractivity contribution in [1.82, 2.24) is 15.2 Å². The molecule has 0 spiro atoms. The van der Waals surface area contributed by atoms with Crippen LogP contribution in [0.2, 0.25) is 0 Å². The number of carbonyl (C=O) groups is 1. The molecule has 0 unspecified atom stereocenters. The fourth-order valence-electron chi connectivity index (χ4n) is 2.90. The van der Waals surface area contributed by atoms with Gasteiger partial charge in [0.2, 0.25) is 0 Å². The third-order valence-electron chi connectivity index (χ3n) is 4.36. The van der Waals surface area contributed by atoms with Crippen LogP contribution in [-0.4, -0.2) is 55.1 Å². The first-order chi connectivity index (χ1) is 12.0. The summed E-state index contributed by atoms with van der Waals surface area (Å²) in [7, 11) is 1.46. The number of hydrogen-bond donors (Lipinski definition) is 1. The molecule has 6 nitrogen and oxygen atoms in total. The van der Waals surface area contributed by atoms with Crippen LogP contribution in [0, 0.1) is 5.92 Å². The average molecular weight is 367 g/mol. The summed E-state index contributed by atoms with van der Waals surface area (Å²) in [5, 5.41) is 6.69. The van der Waals surface area contributed by atoms with Crippen molar-refractivity contribution in [3.63, 3.8) is 0 Å². The van der Waals surface area contributed by atoms with Crippen LogP contribution < -0.4 is 5.32 Å². The van der Waals surface area contributed by atoms with Crippen LogP contribution in [0.3, 0.4) is 0 Å². The Labute approximate surface area is 154 Å². The van der Waals surface area contributed by atoms with Crippen LogP contribution in [0.15, 0.2) is 10.4 Å². The van der Waals surface area contributed by atoms with E-state index >= 15 is 0 Å². The van der Waals surface area contributed by atoms with E-state index in [1.54, 1.807) is 11.3 Å². The first-order valence-corrected chi connectivity index (χ1v) is 9.98. The Morgan fingerprint density at radius 2 is 2.20 bits per heavy atom. The quantitative estimate of drug-likeness (QED) is 0.476. The predicted molar refractivity (Wildman–Crippen MR) is 102 cm³/mol. The normalized spacial score (nSPS) is 16.4. The molecule has 0 aliphatic carbocycles. The largest absolute Gasteiger partial charge is 0.469 e. The predicted octanol–water partition coefficient (Wildman–Crippen LogP) is 2.66. The third-order valence-corrected chi connectivity index (χ3v) is 5.55. The van der Waals surface area contributed by atoms with E-state index in [1.807, 2.05) is 0 Å². The molecule has 7 heteroatoms. The van der Waals surface area contributed by atoms with Crippen LogP contribution >= 0.6 is 11.3 Å². The molecule has 1 fully saturated rings. The van der Waals surface area contributed by atoms with E-state index in [0.717, 1.165) is 57.1 Å². The molecule has 0 saturated carbocycles. The first-order valence-electron chi connectivity index (χ1n) is 9.10. The molecule has 1 aliphatic heterocycles. The van der Waals surface area contributed by atoms with Gasteiger partial charge >= 0.3 is 5.97 Å². The van der Waals surface area contributed by atoms with Gasteiger partial charge < -0.3 is 15.0 Å². The summed E-state index contributed by atoms with van der Waals surface area (Å²) in [6.45, 7) is 9.64. The van der Waals surface area contributed by atoms with Crippen LogP contribution in [0.25, 0.3) is 0 Å². The van der Waals surface area contributed by atoms with Gasteiger partial charge in [0.1, 0.15) is 0 Å². The number of rotatable bonds is 6. The van der Waals surface area contributed by atoms with Crippen LogP contribution in [0.5, 0.6) is 0 Å². The van der Waals surface area contributed by atoms with Crippen molar-refractivity contribution in [3.05, 3.63) is 16.1 Å². The lowest BCUT2D eigenvalue weighted by Crippen LogP contribution is -2.46. The number of aromatic nitrogens is 1. The Hall–Kier alpha value is -1.63. The highest BCUT2D eigenvalue weighted by Gasteiger charge is 2.26. The topological polar surface area (TPSA) is 66.8 Å². The number of likely N-dealkylation sites (tertiary alicyclic amines) is 1. The zero-order chi connectivity index (χ0) is 18.2. The number of nitrogens with one attached hydrogen (secondary N) is 1. The summed E-state index contributed by atoms with van der Waals surface area (Å²) >= 11 is 1.73. The van der Waals surface area contributed by atoms with Gasteiger partial charge in [0, 0.05) is 43.9 Å². The van der Waals surface area contributed by atoms with Gasteiger partial charge in [-0.25, -0.2) is 4.98 Å². The summed E-state index contributed by atoms with van der Waals surface area (Å²) in [6, 6.07) is 0. The van der Waals surface area contributed by atoms with E-state index in [9.17, 15) is 4.79 Å². The second-order valence-corrected chi connectivity index (χ2v) is 7.49. The molecule has 2 rings (SSSR count). The number of nitrogens with zero attached hydrogens (tertiary/aromatic N) is 3. The molecule has 2 heterocycles. The fourth-order valence-corrected chi connectivity index (χ4v) is 3.77. The zero-order valence-corrected chi connectivity index (χ0v) is 16.6. The smallest absolute Gasteiger partial charge is 0.308 e.